The molecule has 2 nitrogen and oxygen atoms in total. The van der Waals surface area contributed by atoms with Gasteiger partial charge in [0.05, 0.1) is 6.10 Å². The number of piperidine rings is 1. The van der Waals surface area contributed by atoms with E-state index in [2.05, 4.69) is 35.2 Å². The van der Waals surface area contributed by atoms with Crippen LogP contribution in [0, 0.1) is 5.92 Å². The zero-order valence-electron chi connectivity index (χ0n) is 16.9. The predicted molar refractivity (Wildman–Crippen MR) is 122 cm³/mol. The number of benzene rings is 3. The van der Waals surface area contributed by atoms with E-state index in [-0.39, 0.29) is 6.10 Å². The van der Waals surface area contributed by atoms with Gasteiger partial charge in [0.25, 0.3) is 0 Å². The SMILES string of the molecule is OC(CCCN1CCC(Cc2ccc(Cl)c3ccccc23)CC1)c1ccccc1. The Bertz CT molecular complexity index is 918. The molecule has 1 fully saturated rings. The van der Waals surface area contributed by atoms with Crippen molar-refractivity contribution < 1.29 is 5.11 Å². The molecule has 1 saturated heterocycles. The summed E-state index contributed by atoms with van der Waals surface area (Å²) in [5, 5.41) is 13.6. The highest BCUT2D eigenvalue weighted by molar-refractivity contribution is 6.35. The van der Waals surface area contributed by atoms with Crippen LogP contribution in [0.15, 0.2) is 66.7 Å². The van der Waals surface area contributed by atoms with Crippen LogP contribution < -0.4 is 0 Å². The number of aliphatic hydroxyl groups is 1. The topological polar surface area (TPSA) is 23.5 Å². The van der Waals surface area contributed by atoms with Gasteiger partial charge in [0, 0.05) is 10.4 Å². The molecule has 0 aromatic heterocycles. The molecule has 0 bridgehead atoms. The largest absolute Gasteiger partial charge is 0.388 e. The number of hydrogen-bond donors (Lipinski definition) is 1. The van der Waals surface area contributed by atoms with Crippen molar-refractivity contribution in [2.75, 3.05) is 19.6 Å². The molecular formula is C26H30ClNO. The van der Waals surface area contributed by atoms with E-state index < -0.39 is 0 Å². The van der Waals surface area contributed by atoms with Crippen molar-refractivity contribution in [3.8, 4) is 0 Å². The molecule has 1 aliphatic rings. The minimum atomic E-state index is -0.341. The summed E-state index contributed by atoms with van der Waals surface area (Å²) in [5.41, 5.74) is 2.45. The Morgan fingerprint density at radius 1 is 0.897 bits per heavy atom. The Kier molecular flexibility index (Phi) is 6.86. The highest BCUT2D eigenvalue weighted by Crippen LogP contribution is 2.30. The van der Waals surface area contributed by atoms with Crippen LogP contribution in [0.2, 0.25) is 5.02 Å². The van der Waals surface area contributed by atoms with E-state index in [0.717, 1.165) is 55.4 Å². The number of halogens is 1. The third kappa shape index (κ3) is 5.19. The lowest BCUT2D eigenvalue weighted by atomic mass is 9.88. The van der Waals surface area contributed by atoms with Crippen molar-refractivity contribution >= 4 is 22.4 Å². The lowest BCUT2D eigenvalue weighted by Gasteiger charge is -2.32. The molecule has 3 aromatic rings. The molecular weight excluding hydrogens is 378 g/mol. The van der Waals surface area contributed by atoms with Gasteiger partial charge in [-0.25, -0.2) is 0 Å². The second-order valence-electron chi connectivity index (χ2n) is 8.31. The smallest absolute Gasteiger partial charge is 0.0790 e. The summed E-state index contributed by atoms with van der Waals surface area (Å²) in [6, 6.07) is 22.7. The highest BCUT2D eigenvalue weighted by atomic mass is 35.5. The van der Waals surface area contributed by atoms with Gasteiger partial charge in [-0.3, -0.25) is 0 Å². The standard InChI is InChI=1S/C26H30ClNO/c27-25-13-12-22(23-9-4-5-10-24(23)25)19-20-14-17-28(18-15-20)16-6-11-26(29)21-7-2-1-3-8-21/h1-5,7-10,12-13,20,26,29H,6,11,14-19H2. The molecule has 0 saturated carbocycles. The first-order chi connectivity index (χ1) is 14.2. The lowest BCUT2D eigenvalue weighted by Crippen LogP contribution is -2.35. The molecule has 1 unspecified atom stereocenters. The maximum atomic E-state index is 10.3. The monoisotopic (exact) mass is 407 g/mol. The number of aliphatic hydroxyl groups excluding tert-OH is 1. The van der Waals surface area contributed by atoms with Crippen molar-refractivity contribution in [2.45, 2.75) is 38.2 Å². The van der Waals surface area contributed by atoms with Crippen LogP contribution in [0.5, 0.6) is 0 Å². The molecule has 29 heavy (non-hydrogen) atoms. The van der Waals surface area contributed by atoms with Crippen molar-refractivity contribution in [3.63, 3.8) is 0 Å². The van der Waals surface area contributed by atoms with Gasteiger partial charge in [-0.15, -0.1) is 0 Å². The Balaban J connectivity index is 1.24. The van der Waals surface area contributed by atoms with E-state index in [1.807, 2.05) is 36.4 Å². The van der Waals surface area contributed by atoms with Crippen LogP contribution in [0.25, 0.3) is 10.8 Å². The van der Waals surface area contributed by atoms with Gasteiger partial charge in [-0.2, -0.15) is 0 Å². The first kappa shape index (κ1) is 20.4. The summed E-state index contributed by atoms with van der Waals surface area (Å²) in [6.07, 6.45) is 5.17. The zero-order valence-corrected chi connectivity index (χ0v) is 17.7. The minimum Gasteiger partial charge on any atom is -0.388 e. The average molecular weight is 408 g/mol. The fraction of sp³-hybridized carbons (Fsp3) is 0.385. The van der Waals surface area contributed by atoms with E-state index in [9.17, 15) is 5.11 Å². The number of likely N-dealkylation sites (tertiary alicyclic amines) is 1. The predicted octanol–water partition coefficient (Wildman–Crippen LogP) is 6.26. The normalized spacial score (nSPS) is 16.9. The molecule has 3 aromatic carbocycles. The summed E-state index contributed by atoms with van der Waals surface area (Å²) >= 11 is 6.38. The highest BCUT2D eigenvalue weighted by Gasteiger charge is 2.20. The van der Waals surface area contributed by atoms with E-state index in [1.165, 1.54) is 29.2 Å². The van der Waals surface area contributed by atoms with E-state index in [0.29, 0.717) is 0 Å². The van der Waals surface area contributed by atoms with Crippen molar-refractivity contribution in [1.82, 2.24) is 4.90 Å². The van der Waals surface area contributed by atoms with Crippen molar-refractivity contribution in [1.29, 1.82) is 0 Å². The molecule has 0 spiro atoms. The van der Waals surface area contributed by atoms with Crippen LogP contribution in [-0.4, -0.2) is 29.6 Å². The van der Waals surface area contributed by atoms with Gasteiger partial charge in [-0.1, -0.05) is 72.3 Å². The van der Waals surface area contributed by atoms with Gasteiger partial charge in [0.2, 0.25) is 0 Å². The first-order valence-electron chi connectivity index (χ1n) is 10.8. The summed E-state index contributed by atoms with van der Waals surface area (Å²) in [6.45, 7) is 3.41. The second kappa shape index (κ2) is 9.75. The maximum Gasteiger partial charge on any atom is 0.0790 e. The number of rotatable bonds is 7. The fourth-order valence-electron chi connectivity index (χ4n) is 4.58. The maximum absolute atomic E-state index is 10.3. The molecule has 0 radical (unpaired) electrons. The minimum absolute atomic E-state index is 0.341. The van der Waals surface area contributed by atoms with Crippen LogP contribution in [-0.2, 0) is 6.42 Å². The van der Waals surface area contributed by atoms with Gasteiger partial charge in [0.1, 0.15) is 0 Å². The third-order valence-electron chi connectivity index (χ3n) is 6.31. The summed E-state index contributed by atoms with van der Waals surface area (Å²) < 4.78 is 0. The summed E-state index contributed by atoms with van der Waals surface area (Å²) in [7, 11) is 0. The molecule has 1 aliphatic heterocycles. The first-order valence-corrected chi connectivity index (χ1v) is 11.2. The molecule has 3 heteroatoms. The Labute approximate surface area is 179 Å². The lowest BCUT2D eigenvalue weighted by molar-refractivity contribution is 0.142. The molecule has 1 N–H and O–H groups in total. The van der Waals surface area contributed by atoms with Crippen LogP contribution in [0.4, 0.5) is 0 Å². The Hall–Kier alpha value is -1.87. The van der Waals surface area contributed by atoms with Crippen molar-refractivity contribution in [3.05, 3.63) is 82.9 Å². The second-order valence-corrected chi connectivity index (χ2v) is 8.72. The number of fused-ring (bicyclic) bond motifs is 1. The third-order valence-corrected chi connectivity index (χ3v) is 6.64. The summed E-state index contributed by atoms with van der Waals surface area (Å²) in [5.74, 6) is 0.741. The van der Waals surface area contributed by atoms with Crippen molar-refractivity contribution in [2.24, 2.45) is 5.92 Å². The van der Waals surface area contributed by atoms with Crippen LogP contribution >= 0.6 is 11.6 Å². The quantitative estimate of drug-likeness (QED) is 0.499. The fourth-order valence-corrected chi connectivity index (χ4v) is 4.81. The molecule has 1 heterocycles. The average Bonchev–Trinajstić information content (AvgIpc) is 2.77. The molecule has 0 aliphatic carbocycles. The van der Waals surface area contributed by atoms with E-state index >= 15 is 0 Å². The van der Waals surface area contributed by atoms with E-state index in [4.69, 9.17) is 11.6 Å². The van der Waals surface area contributed by atoms with Crippen LogP contribution in [0.3, 0.4) is 0 Å². The Morgan fingerprint density at radius 2 is 1.59 bits per heavy atom. The number of hydrogen-bond acceptors (Lipinski definition) is 2. The number of nitrogens with zero attached hydrogens (tertiary/aromatic N) is 1. The van der Waals surface area contributed by atoms with Gasteiger partial charge < -0.3 is 10.0 Å². The summed E-state index contributed by atoms with van der Waals surface area (Å²) in [4.78, 5) is 2.56. The van der Waals surface area contributed by atoms with Crippen LogP contribution in [0.1, 0.15) is 42.9 Å². The zero-order chi connectivity index (χ0) is 20.1. The van der Waals surface area contributed by atoms with Gasteiger partial charge in [0.15, 0.2) is 0 Å². The molecule has 1 atom stereocenters. The van der Waals surface area contributed by atoms with Gasteiger partial charge >= 0.3 is 0 Å². The molecule has 0 amide bonds. The Morgan fingerprint density at radius 3 is 2.34 bits per heavy atom. The van der Waals surface area contributed by atoms with Gasteiger partial charge in [-0.05, 0) is 80.2 Å². The molecule has 4 rings (SSSR count). The van der Waals surface area contributed by atoms with E-state index in [1.54, 1.807) is 0 Å². The molecule has 152 valence electrons.